The summed E-state index contributed by atoms with van der Waals surface area (Å²) in [5.74, 6) is 0.817. The fourth-order valence-corrected chi connectivity index (χ4v) is 3.35. The predicted molar refractivity (Wildman–Crippen MR) is 105 cm³/mol. The van der Waals surface area contributed by atoms with Crippen molar-refractivity contribution < 1.29 is 4.74 Å². The molecule has 0 fully saturated rings. The van der Waals surface area contributed by atoms with Gasteiger partial charge in [0.25, 0.3) is 0 Å². The van der Waals surface area contributed by atoms with Gasteiger partial charge in [-0.2, -0.15) is 0 Å². The van der Waals surface area contributed by atoms with Crippen LogP contribution in [0.3, 0.4) is 0 Å². The van der Waals surface area contributed by atoms with Crippen LogP contribution in [-0.4, -0.2) is 25.7 Å². The van der Waals surface area contributed by atoms with Crippen LogP contribution in [0.2, 0.25) is 0 Å². The molecule has 0 aliphatic heterocycles. The molecule has 0 atom stereocenters. The first-order valence-electron chi connectivity index (χ1n) is 8.89. The molecular formula is C21H21N5O. The van der Waals surface area contributed by atoms with Gasteiger partial charge < -0.3 is 4.74 Å². The summed E-state index contributed by atoms with van der Waals surface area (Å²) < 4.78 is 9.35. The minimum Gasteiger partial charge on any atom is -0.494 e. The van der Waals surface area contributed by atoms with Gasteiger partial charge in [0.2, 0.25) is 0 Å². The zero-order valence-electron chi connectivity index (χ0n) is 15.6. The Kier molecular flexibility index (Phi) is 4.24. The highest BCUT2D eigenvalue weighted by Gasteiger charge is 2.16. The summed E-state index contributed by atoms with van der Waals surface area (Å²) in [6.07, 6.45) is 5.26. The SMILES string of the molecule is CCOc1ccc(-n2cnc3c(c(C)c(C)n3-c3cccnc3)c2=N)cc1. The normalized spacial score (nSPS) is 11.1. The van der Waals surface area contributed by atoms with Crippen LogP contribution < -0.4 is 10.2 Å². The van der Waals surface area contributed by atoms with E-state index in [4.69, 9.17) is 10.1 Å². The standard InChI is InChI=1S/C21H21N5O/c1-4-27-18-9-7-16(8-10-18)25-13-24-21-19(20(25)22)14(2)15(3)26(21)17-6-5-11-23-12-17/h5-13,22H,4H2,1-3H3. The van der Waals surface area contributed by atoms with Crippen molar-refractivity contribution in [2.24, 2.45) is 0 Å². The fourth-order valence-electron chi connectivity index (χ4n) is 3.35. The van der Waals surface area contributed by atoms with Gasteiger partial charge in [-0.1, -0.05) is 0 Å². The summed E-state index contributed by atoms with van der Waals surface area (Å²) in [6.45, 7) is 6.67. The van der Waals surface area contributed by atoms with E-state index in [1.54, 1.807) is 17.1 Å². The molecule has 4 rings (SSSR count). The predicted octanol–water partition coefficient (Wildman–Crippen LogP) is 3.71. The Morgan fingerprint density at radius 3 is 2.52 bits per heavy atom. The van der Waals surface area contributed by atoms with E-state index in [1.807, 2.05) is 63.4 Å². The summed E-state index contributed by atoms with van der Waals surface area (Å²) >= 11 is 0. The molecular weight excluding hydrogens is 338 g/mol. The molecule has 6 nitrogen and oxygen atoms in total. The van der Waals surface area contributed by atoms with E-state index in [-0.39, 0.29) is 0 Å². The van der Waals surface area contributed by atoms with E-state index in [0.29, 0.717) is 12.1 Å². The van der Waals surface area contributed by atoms with Crippen molar-refractivity contribution in [2.45, 2.75) is 20.8 Å². The van der Waals surface area contributed by atoms with Gasteiger partial charge in [-0.15, -0.1) is 0 Å². The molecule has 0 aliphatic carbocycles. The highest BCUT2D eigenvalue weighted by atomic mass is 16.5. The number of nitrogens with zero attached hydrogens (tertiary/aromatic N) is 4. The van der Waals surface area contributed by atoms with Crippen LogP contribution in [0, 0.1) is 19.3 Å². The molecule has 0 saturated carbocycles. The largest absolute Gasteiger partial charge is 0.494 e. The smallest absolute Gasteiger partial charge is 0.150 e. The summed E-state index contributed by atoms with van der Waals surface area (Å²) in [7, 11) is 0. The Morgan fingerprint density at radius 2 is 1.85 bits per heavy atom. The van der Waals surface area contributed by atoms with Crippen molar-refractivity contribution in [1.29, 1.82) is 5.41 Å². The first-order valence-corrected chi connectivity index (χ1v) is 8.89. The number of aromatic nitrogens is 4. The van der Waals surface area contributed by atoms with E-state index >= 15 is 0 Å². The van der Waals surface area contributed by atoms with Crippen molar-refractivity contribution in [3.05, 3.63) is 71.9 Å². The molecule has 136 valence electrons. The molecule has 0 amide bonds. The first-order chi connectivity index (χ1) is 13.1. The van der Waals surface area contributed by atoms with Gasteiger partial charge in [0.05, 0.1) is 23.9 Å². The van der Waals surface area contributed by atoms with E-state index in [9.17, 15) is 0 Å². The minimum atomic E-state index is 0.410. The summed E-state index contributed by atoms with van der Waals surface area (Å²) in [5.41, 5.74) is 5.11. The van der Waals surface area contributed by atoms with Gasteiger partial charge >= 0.3 is 0 Å². The second kappa shape index (κ2) is 6.72. The Bertz CT molecular complexity index is 1160. The maximum atomic E-state index is 8.79. The van der Waals surface area contributed by atoms with Crippen LogP contribution in [0.5, 0.6) is 5.75 Å². The average molecular weight is 359 g/mol. The Hall–Kier alpha value is -3.41. The van der Waals surface area contributed by atoms with Crippen LogP contribution in [0.4, 0.5) is 0 Å². The third-order valence-electron chi connectivity index (χ3n) is 4.79. The van der Waals surface area contributed by atoms with E-state index in [0.717, 1.165) is 39.4 Å². The highest BCUT2D eigenvalue weighted by Crippen LogP contribution is 2.25. The van der Waals surface area contributed by atoms with Gasteiger partial charge in [-0.05, 0) is 62.7 Å². The number of aryl methyl sites for hydroxylation is 1. The second-order valence-corrected chi connectivity index (χ2v) is 6.35. The zero-order valence-corrected chi connectivity index (χ0v) is 15.6. The van der Waals surface area contributed by atoms with Crippen molar-refractivity contribution in [1.82, 2.24) is 19.1 Å². The molecule has 1 aromatic carbocycles. The molecule has 0 spiro atoms. The molecule has 4 aromatic rings. The quantitative estimate of drug-likeness (QED) is 0.604. The number of hydrogen-bond acceptors (Lipinski definition) is 4. The molecule has 3 heterocycles. The maximum absolute atomic E-state index is 8.79. The third kappa shape index (κ3) is 2.79. The lowest BCUT2D eigenvalue weighted by Crippen LogP contribution is -2.19. The molecule has 3 aromatic heterocycles. The number of nitrogens with one attached hydrogen (secondary N) is 1. The van der Waals surface area contributed by atoms with Crippen LogP contribution in [0.15, 0.2) is 55.1 Å². The first kappa shape index (κ1) is 17.0. The van der Waals surface area contributed by atoms with Gasteiger partial charge in [-0.25, -0.2) is 4.98 Å². The number of pyridine rings is 1. The number of benzene rings is 1. The molecule has 0 radical (unpaired) electrons. The lowest BCUT2D eigenvalue weighted by molar-refractivity contribution is 0.340. The maximum Gasteiger partial charge on any atom is 0.150 e. The minimum absolute atomic E-state index is 0.410. The van der Waals surface area contributed by atoms with Crippen LogP contribution in [0.1, 0.15) is 18.2 Å². The average Bonchev–Trinajstić information content (AvgIpc) is 2.95. The van der Waals surface area contributed by atoms with Gasteiger partial charge in [0, 0.05) is 17.6 Å². The summed E-state index contributed by atoms with van der Waals surface area (Å²) in [6, 6.07) is 11.6. The van der Waals surface area contributed by atoms with Gasteiger partial charge in [0.15, 0.2) is 5.65 Å². The fraction of sp³-hybridized carbons (Fsp3) is 0.190. The lowest BCUT2D eigenvalue weighted by atomic mass is 10.2. The number of hydrogen-bond donors (Lipinski definition) is 1. The van der Waals surface area contributed by atoms with Gasteiger partial charge in [0.1, 0.15) is 17.6 Å². The van der Waals surface area contributed by atoms with Crippen molar-refractivity contribution in [3.8, 4) is 17.1 Å². The number of ether oxygens (including phenoxy) is 1. The van der Waals surface area contributed by atoms with Crippen LogP contribution in [0.25, 0.3) is 22.4 Å². The van der Waals surface area contributed by atoms with E-state index in [2.05, 4.69) is 14.5 Å². The molecule has 27 heavy (non-hydrogen) atoms. The lowest BCUT2D eigenvalue weighted by Gasteiger charge is -2.10. The van der Waals surface area contributed by atoms with Crippen LogP contribution in [-0.2, 0) is 0 Å². The topological polar surface area (TPSA) is 68.7 Å². The molecule has 1 N–H and O–H groups in total. The highest BCUT2D eigenvalue weighted by molar-refractivity contribution is 5.82. The molecule has 0 saturated heterocycles. The summed E-state index contributed by atoms with van der Waals surface area (Å²) in [5, 5.41) is 9.63. The van der Waals surface area contributed by atoms with Crippen molar-refractivity contribution in [2.75, 3.05) is 6.61 Å². The Morgan fingerprint density at radius 1 is 1.07 bits per heavy atom. The van der Waals surface area contributed by atoms with E-state index in [1.165, 1.54) is 0 Å². The van der Waals surface area contributed by atoms with Crippen molar-refractivity contribution in [3.63, 3.8) is 0 Å². The monoisotopic (exact) mass is 359 g/mol. The molecule has 0 unspecified atom stereocenters. The molecule has 6 heteroatoms. The van der Waals surface area contributed by atoms with E-state index < -0.39 is 0 Å². The second-order valence-electron chi connectivity index (χ2n) is 6.35. The van der Waals surface area contributed by atoms with Crippen molar-refractivity contribution >= 4 is 11.0 Å². The third-order valence-corrected chi connectivity index (χ3v) is 4.79. The Labute approximate surface area is 157 Å². The number of rotatable bonds is 4. The molecule has 0 bridgehead atoms. The van der Waals surface area contributed by atoms with Crippen LogP contribution >= 0.6 is 0 Å². The van der Waals surface area contributed by atoms with Gasteiger partial charge in [-0.3, -0.25) is 19.5 Å². The number of fused-ring (bicyclic) bond motifs is 1. The summed E-state index contributed by atoms with van der Waals surface area (Å²) in [4.78, 5) is 8.90. The Balaban J connectivity index is 1.91. The zero-order chi connectivity index (χ0) is 19.0. The molecule has 0 aliphatic rings.